The van der Waals surface area contributed by atoms with Crippen LogP contribution in [0.15, 0.2) is 54.7 Å². The average Bonchev–Trinajstić information content (AvgIpc) is 3.25. The zero-order valence-corrected chi connectivity index (χ0v) is 17.2. The van der Waals surface area contributed by atoms with Gasteiger partial charge >= 0.3 is 0 Å². The Balaban J connectivity index is 1.39. The molecule has 0 unspecified atom stereocenters. The van der Waals surface area contributed by atoms with Crippen molar-refractivity contribution in [1.29, 1.82) is 0 Å². The summed E-state index contributed by atoms with van der Waals surface area (Å²) in [5, 5.41) is 10.3. The first-order chi connectivity index (χ1) is 15.6. The van der Waals surface area contributed by atoms with Crippen molar-refractivity contribution in [1.82, 2.24) is 15.2 Å². The average molecular weight is 433 g/mol. The number of carbonyl (C=O) groups excluding carboxylic acids is 1. The molecule has 5 rings (SSSR count). The van der Waals surface area contributed by atoms with E-state index in [1.54, 1.807) is 24.4 Å². The minimum Gasteiger partial charge on any atom is -0.357 e. The lowest BCUT2D eigenvalue weighted by molar-refractivity contribution is 0.102. The second-order valence-electron chi connectivity index (χ2n) is 7.84. The Labute approximate surface area is 183 Å². The summed E-state index contributed by atoms with van der Waals surface area (Å²) < 4.78 is 27.9. The fourth-order valence-electron chi connectivity index (χ4n) is 4.04. The maximum atomic E-state index is 14.2. The Bertz CT molecular complexity index is 1280. The highest BCUT2D eigenvalue weighted by Crippen LogP contribution is 2.29. The minimum absolute atomic E-state index is 0.122. The maximum Gasteiger partial charge on any atom is 0.276 e. The fourth-order valence-corrected chi connectivity index (χ4v) is 4.04. The number of hydrogen-bond acceptors (Lipinski definition) is 4. The predicted molar refractivity (Wildman–Crippen MR) is 120 cm³/mol. The van der Waals surface area contributed by atoms with Gasteiger partial charge in [0.25, 0.3) is 5.91 Å². The summed E-state index contributed by atoms with van der Waals surface area (Å²) in [5.74, 6) is -1.37. The summed E-state index contributed by atoms with van der Waals surface area (Å²) in [5.41, 5.74) is 1.92. The number of nitrogens with zero attached hydrogens (tertiary/aromatic N) is 3. The zero-order chi connectivity index (χ0) is 22.1. The van der Waals surface area contributed by atoms with Gasteiger partial charge in [-0.15, -0.1) is 0 Å². The molecular weight excluding hydrogens is 412 g/mol. The molecule has 0 radical (unpaired) electrons. The zero-order valence-electron chi connectivity index (χ0n) is 17.2. The predicted octanol–water partition coefficient (Wildman–Crippen LogP) is 5.15. The fraction of sp³-hybridized carbons (Fsp3) is 0.208. The van der Waals surface area contributed by atoms with E-state index in [0.29, 0.717) is 22.2 Å². The first-order valence-electron chi connectivity index (χ1n) is 10.5. The molecule has 2 aromatic carbocycles. The van der Waals surface area contributed by atoms with Gasteiger partial charge in [0.1, 0.15) is 5.82 Å². The molecule has 1 fully saturated rings. The van der Waals surface area contributed by atoms with E-state index in [0.717, 1.165) is 37.8 Å². The molecule has 3 heterocycles. The van der Waals surface area contributed by atoms with Crippen molar-refractivity contribution in [3.05, 3.63) is 72.1 Å². The van der Waals surface area contributed by atoms with Crippen molar-refractivity contribution in [2.45, 2.75) is 19.3 Å². The number of benzene rings is 2. The second kappa shape index (κ2) is 8.37. The van der Waals surface area contributed by atoms with Crippen LogP contribution in [0.2, 0.25) is 0 Å². The number of fused-ring (bicyclic) bond motifs is 1. The molecule has 8 heteroatoms. The lowest BCUT2D eigenvalue weighted by Crippen LogP contribution is -2.30. The van der Waals surface area contributed by atoms with Crippen LogP contribution in [0.3, 0.4) is 0 Å². The number of anilines is 2. The number of rotatable bonds is 4. The summed E-state index contributed by atoms with van der Waals surface area (Å²) in [6.45, 7) is 1.98. The first-order valence-corrected chi connectivity index (χ1v) is 10.5. The highest BCUT2D eigenvalue weighted by molar-refractivity contribution is 6.11. The van der Waals surface area contributed by atoms with Crippen LogP contribution in [-0.4, -0.2) is 34.2 Å². The lowest BCUT2D eigenvalue weighted by atomic mass is 10.0. The van der Waals surface area contributed by atoms with Gasteiger partial charge in [-0.2, -0.15) is 5.10 Å². The van der Waals surface area contributed by atoms with Crippen LogP contribution in [0.1, 0.15) is 29.8 Å². The second-order valence-corrected chi connectivity index (χ2v) is 7.84. The molecule has 1 amide bonds. The number of hydrogen-bond donors (Lipinski definition) is 2. The highest BCUT2D eigenvalue weighted by Gasteiger charge is 2.18. The highest BCUT2D eigenvalue weighted by atomic mass is 19.2. The molecule has 0 saturated carbocycles. The molecule has 162 valence electrons. The number of piperidine rings is 1. The summed E-state index contributed by atoms with van der Waals surface area (Å²) in [7, 11) is 0. The van der Waals surface area contributed by atoms with Gasteiger partial charge in [0.2, 0.25) is 0 Å². The summed E-state index contributed by atoms with van der Waals surface area (Å²) in [6, 6.07) is 12.7. The van der Waals surface area contributed by atoms with E-state index in [1.807, 2.05) is 12.1 Å². The molecule has 0 aliphatic carbocycles. The van der Waals surface area contributed by atoms with Crippen LogP contribution in [-0.2, 0) is 0 Å². The molecule has 2 aromatic heterocycles. The number of aromatic amines is 1. The van der Waals surface area contributed by atoms with Crippen LogP contribution in [0.4, 0.5) is 20.3 Å². The molecule has 0 atom stereocenters. The minimum atomic E-state index is -0.929. The standard InChI is InChI=1S/C24H21F2N5O/c25-19-6-4-5-17(22(19)26)15-7-9-20-18(13-15)23(30-29-20)24(32)28-16-8-10-21(27-14-16)31-11-2-1-3-12-31/h4-10,13-14H,1-3,11-12H2,(H,28,32)(H,29,30). The number of carbonyl (C=O) groups is 1. The molecule has 4 aromatic rings. The van der Waals surface area contributed by atoms with E-state index >= 15 is 0 Å². The van der Waals surface area contributed by atoms with Gasteiger partial charge in [0, 0.05) is 24.0 Å². The van der Waals surface area contributed by atoms with Crippen molar-refractivity contribution in [3.8, 4) is 11.1 Å². The Morgan fingerprint density at radius 1 is 1.03 bits per heavy atom. The van der Waals surface area contributed by atoms with E-state index in [4.69, 9.17) is 0 Å². The smallest absolute Gasteiger partial charge is 0.276 e. The van der Waals surface area contributed by atoms with Crippen LogP contribution >= 0.6 is 0 Å². The summed E-state index contributed by atoms with van der Waals surface area (Å²) in [6.07, 6.45) is 5.20. The van der Waals surface area contributed by atoms with Crippen molar-refractivity contribution in [2.24, 2.45) is 0 Å². The third-order valence-electron chi connectivity index (χ3n) is 5.73. The van der Waals surface area contributed by atoms with Gasteiger partial charge in [-0.3, -0.25) is 9.89 Å². The van der Waals surface area contributed by atoms with Gasteiger partial charge in [-0.05, 0) is 55.2 Å². The van der Waals surface area contributed by atoms with E-state index < -0.39 is 17.5 Å². The summed E-state index contributed by atoms with van der Waals surface area (Å²) in [4.78, 5) is 19.6. The lowest BCUT2D eigenvalue weighted by Gasteiger charge is -2.27. The molecule has 0 spiro atoms. The number of H-pyrrole nitrogens is 1. The number of amides is 1. The summed E-state index contributed by atoms with van der Waals surface area (Å²) >= 11 is 0. The van der Waals surface area contributed by atoms with Crippen molar-refractivity contribution in [3.63, 3.8) is 0 Å². The van der Waals surface area contributed by atoms with Gasteiger partial charge in [-0.1, -0.05) is 18.2 Å². The monoisotopic (exact) mass is 433 g/mol. The largest absolute Gasteiger partial charge is 0.357 e. The van der Waals surface area contributed by atoms with Crippen LogP contribution < -0.4 is 10.2 Å². The van der Waals surface area contributed by atoms with Crippen LogP contribution in [0.5, 0.6) is 0 Å². The molecule has 2 N–H and O–H groups in total. The van der Waals surface area contributed by atoms with E-state index in [9.17, 15) is 13.6 Å². The normalized spacial score (nSPS) is 14.0. The van der Waals surface area contributed by atoms with Gasteiger partial charge in [0.05, 0.1) is 17.4 Å². The Morgan fingerprint density at radius 2 is 1.88 bits per heavy atom. The Hall–Kier alpha value is -3.81. The van der Waals surface area contributed by atoms with Crippen molar-refractivity contribution < 1.29 is 13.6 Å². The number of nitrogens with one attached hydrogen (secondary N) is 2. The van der Waals surface area contributed by atoms with Crippen molar-refractivity contribution >= 4 is 28.3 Å². The Morgan fingerprint density at radius 3 is 2.66 bits per heavy atom. The van der Waals surface area contributed by atoms with E-state index in [-0.39, 0.29) is 11.3 Å². The molecular formula is C24H21F2N5O. The topological polar surface area (TPSA) is 73.9 Å². The number of pyridine rings is 1. The van der Waals surface area contributed by atoms with Crippen molar-refractivity contribution in [2.75, 3.05) is 23.3 Å². The molecule has 32 heavy (non-hydrogen) atoms. The maximum absolute atomic E-state index is 14.2. The van der Waals surface area contributed by atoms with E-state index in [2.05, 4.69) is 25.4 Å². The van der Waals surface area contributed by atoms with Crippen LogP contribution in [0, 0.1) is 11.6 Å². The van der Waals surface area contributed by atoms with Crippen LogP contribution in [0.25, 0.3) is 22.0 Å². The van der Waals surface area contributed by atoms with Gasteiger partial charge in [-0.25, -0.2) is 13.8 Å². The molecule has 0 bridgehead atoms. The third kappa shape index (κ3) is 3.79. The SMILES string of the molecule is O=C(Nc1ccc(N2CCCCC2)nc1)c1n[nH]c2ccc(-c3cccc(F)c3F)cc12. The molecule has 6 nitrogen and oxygen atoms in total. The quantitative estimate of drug-likeness (QED) is 0.467. The third-order valence-corrected chi connectivity index (χ3v) is 5.73. The molecule has 1 saturated heterocycles. The molecule has 1 aliphatic heterocycles. The van der Waals surface area contributed by atoms with Gasteiger partial charge < -0.3 is 10.2 Å². The van der Waals surface area contributed by atoms with Gasteiger partial charge in [0.15, 0.2) is 17.3 Å². The molecule has 1 aliphatic rings. The first kappa shape index (κ1) is 20.1. The number of aromatic nitrogens is 3. The number of halogens is 2. The van der Waals surface area contributed by atoms with E-state index in [1.165, 1.54) is 18.6 Å². The Kier molecular flexibility index (Phi) is 5.26.